The van der Waals surface area contributed by atoms with Gasteiger partial charge in [0.15, 0.2) is 0 Å². The number of rotatable bonds is 6. The van der Waals surface area contributed by atoms with Crippen LogP contribution in [-0.4, -0.2) is 30.8 Å². The summed E-state index contributed by atoms with van der Waals surface area (Å²) in [5.74, 6) is 0.775. The Hall–Kier alpha value is -0.370. The van der Waals surface area contributed by atoms with Crippen molar-refractivity contribution in [2.45, 2.75) is 59.3 Å². The second-order valence-electron chi connectivity index (χ2n) is 6.50. The lowest BCUT2D eigenvalue weighted by molar-refractivity contribution is -0.127. The Kier molecular flexibility index (Phi) is 5.64. The van der Waals surface area contributed by atoms with E-state index in [1.165, 1.54) is 19.3 Å². The van der Waals surface area contributed by atoms with Crippen molar-refractivity contribution >= 4 is 5.78 Å². The highest BCUT2D eigenvalue weighted by Crippen LogP contribution is 2.36. The molecule has 0 aromatic heterocycles. The van der Waals surface area contributed by atoms with Gasteiger partial charge in [0.1, 0.15) is 5.78 Å². The summed E-state index contributed by atoms with van der Waals surface area (Å²) >= 11 is 0. The maximum Gasteiger partial charge on any atom is 0.137 e. The van der Waals surface area contributed by atoms with Crippen molar-refractivity contribution in [1.29, 1.82) is 0 Å². The number of hydrogen-bond acceptors (Lipinski definition) is 2. The van der Waals surface area contributed by atoms with Crippen molar-refractivity contribution in [3.05, 3.63) is 0 Å². The van der Waals surface area contributed by atoms with Crippen LogP contribution in [0.4, 0.5) is 0 Å². The molecular weight excluding hydrogens is 210 g/mol. The number of nitrogens with zero attached hydrogens (tertiary/aromatic N) is 1. The van der Waals surface area contributed by atoms with Crippen LogP contribution in [-0.2, 0) is 4.79 Å². The van der Waals surface area contributed by atoms with Crippen LogP contribution in [0.2, 0.25) is 0 Å². The predicted molar refractivity (Wildman–Crippen MR) is 73.2 cm³/mol. The van der Waals surface area contributed by atoms with Crippen molar-refractivity contribution < 1.29 is 4.79 Å². The molecule has 1 saturated carbocycles. The van der Waals surface area contributed by atoms with E-state index in [9.17, 15) is 4.79 Å². The highest BCUT2D eigenvalue weighted by Gasteiger charge is 2.33. The summed E-state index contributed by atoms with van der Waals surface area (Å²) in [5.41, 5.74) is 0.364. The molecular formula is C15H29NO. The SMILES string of the molecule is CCCCCN(C)CC1CC(C)(C)CCC1=O. The molecule has 100 valence electrons. The molecule has 0 spiro atoms. The zero-order valence-electron chi connectivity index (χ0n) is 12.1. The van der Waals surface area contributed by atoms with E-state index in [2.05, 4.69) is 32.7 Å². The second kappa shape index (κ2) is 6.53. The third-order valence-corrected chi connectivity index (χ3v) is 3.98. The molecule has 1 rings (SSSR count). The molecule has 1 fully saturated rings. The zero-order chi connectivity index (χ0) is 12.9. The van der Waals surface area contributed by atoms with E-state index in [-0.39, 0.29) is 5.92 Å². The summed E-state index contributed by atoms with van der Waals surface area (Å²) < 4.78 is 0. The van der Waals surface area contributed by atoms with Gasteiger partial charge in [-0.15, -0.1) is 0 Å². The Balaban J connectivity index is 2.35. The van der Waals surface area contributed by atoms with Crippen LogP contribution < -0.4 is 0 Å². The van der Waals surface area contributed by atoms with Crippen LogP contribution in [0.1, 0.15) is 59.3 Å². The number of Topliss-reactive ketones (excluding diaryl/α,β-unsaturated/α-hetero) is 1. The number of unbranched alkanes of at least 4 members (excludes halogenated alkanes) is 2. The fourth-order valence-corrected chi connectivity index (χ4v) is 2.81. The average molecular weight is 239 g/mol. The van der Waals surface area contributed by atoms with Gasteiger partial charge in [0, 0.05) is 18.9 Å². The molecule has 0 heterocycles. The Labute approximate surface area is 107 Å². The number of ketones is 1. The lowest BCUT2D eigenvalue weighted by Gasteiger charge is -2.36. The molecule has 1 unspecified atom stereocenters. The highest BCUT2D eigenvalue weighted by molar-refractivity contribution is 5.82. The molecule has 0 N–H and O–H groups in total. The van der Waals surface area contributed by atoms with Crippen molar-refractivity contribution in [3.63, 3.8) is 0 Å². The summed E-state index contributed by atoms with van der Waals surface area (Å²) in [7, 11) is 2.16. The molecule has 17 heavy (non-hydrogen) atoms. The van der Waals surface area contributed by atoms with Crippen LogP contribution in [0.3, 0.4) is 0 Å². The first kappa shape index (κ1) is 14.7. The van der Waals surface area contributed by atoms with E-state index < -0.39 is 0 Å². The highest BCUT2D eigenvalue weighted by atomic mass is 16.1. The van der Waals surface area contributed by atoms with E-state index in [1.807, 2.05) is 0 Å². The lowest BCUT2D eigenvalue weighted by atomic mass is 9.71. The Morgan fingerprint density at radius 2 is 2.06 bits per heavy atom. The first-order chi connectivity index (χ1) is 7.94. The normalized spacial score (nSPS) is 24.3. The fraction of sp³-hybridized carbons (Fsp3) is 0.933. The maximum absolute atomic E-state index is 11.9. The van der Waals surface area contributed by atoms with Gasteiger partial charge in [-0.05, 0) is 38.3 Å². The van der Waals surface area contributed by atoms with Gasteiger partial charge in [-0.1, -0.05) is 33.6 Å². The molecule has 0 aromatic carbocycles. The van der Waals surface area contributed by atoms with Crippen LogP contribution >= 0.6 is 0 Å². The van der Waals surface area contributed by atoms with Gasteiger partial charge >= 0.3 is 0 Å². The molecule has 2 nitrogen and oxygen atoms in total. The minimum Gasteiger partial charge on any atom is -0.306 e. The minimum absolute atomic E-state index is 0.283. The maximum atomic E-state index is 11.9. The van der Waals surface area contributed by atoms with E-state index in [0.717, 1.165) is 32.4 Å². The van der Waals surface area contributed by atoms with Gasteiger partial charge in [-0.2, -0.15) is 0 Å². The Bertz CT molecular complexity index is 247. The summed E-state index contributed by atoms with van der Waals surface area (Å²) in [6.07, 6.45) is 6.77. The fourth-order valence-electron chi connectivity index (χ4n) is 2.81. The van der Waals surface area contributed by atoms with Crippen molar-refractivity contribution in [3.8, 4) is 0 Å². The van der Waals surface area contributed by atoms with Crippen LogP contribution in [0.5, 0.6) is 0 Å². The molecule has 0 amide bonds. The lowest BCUT2D eigenvalue weighted by Crippen LogP contribution is -2.37. The van der Waals surface area contributed by atoms with Crippen molar-refractivity contribution in [1.82, 2.24) is 4.90 Å². The molecule has 1 atom stereocenters. The Morgan fingerprint density at radius 3 is 2.71 bits per heavy atom. The third-order valence-electron chi connectivity index (χ3n) is 3.98. The first-order valence-electron chi connectivity index (χ1n) is 7.16. The Morgan fingerprint density at radius 1 is 1.35 bits per heavy atom. The van der Waals surface area contributed by atoms with E-state index in [4.69, 9.17) is 0 Å². The van der Waals surface area contributed by atoms with E-state index >= 15 is 0 Å². The first-order valence-corrected chi connectivity index (χ1v) is 7.16. The standard InChI is InChI=1S/C15H29NO/c1-5-6-7-10-16(4)12-13-11-15(2,3)9-8-14(13)17/h13H,5-12H2,1-4H3. The van der Waals surface area contributed by atoms with Crippen LogP contribution in [0.25, 0.3) is 0 Å². The average Bonchev–Trinajstić information content (AvgIpc) is 2.24. The van der Waals surface area contributed by atoms with Gasteiger partial charge < -0.3 is 4.90 Å². The second-order valence-corrected chi connectivity index (χ2v) is 6.50. The van der Waals surface area contributed by atoms with Gasteiger partial charge in [0.05, 0.1) is 0 Å². The van der Waals surface area contributed by atoms with Gasteiger partial charge in [-0.3, -0.25) is 4.79 Å². The molecule has 0 saturated heterocycles. The van der Waals surface area contributed by atoms with Gasteiger partial charge in [0.25, 0.3) is 0 Å². The summed E-state index contributed by atoms with van der Waals surface area (Å²) in [6, 6.07) is 0. The molecule has 0 bridgehead atoms. The quantitative estimate of drug-likeness (QED) is 0.661. The summed E-state index contributed by atoms with van der Waals surface area (Å²) in [5, 5.41) is 0. The molecule has 0 radical (unpaired) electrons. The third kappa shape index (κ3) is 5.20. The summed E-state index contributed by atoms with van der Waals surface area (Å²) in [6.45, 7) is 8.92. The topological polar surface area (TPSA) is 20.3 Å². The predicted octanol–water partition coefficient (Wildman–Crippen LogP) is 3.50. The molecule has 0 aliphatic heterocycles. The van der Waals surface area contributed by atoms with Crippen LogP contribution in [0, 0.1) is 11.3 Å². The van der Waals surface area contributed by atoms with E-state index in [1.54, 1.807) is 0 Å². The molecule has 1 aliphatic rings. The van der Waals surface area contributed by atoms with Crippen molar-refractivity contribution in [2.24, 2.45) is 11.3 Å². The zero-order valence-corrected chi connectivity index (χ0v) is 12.1. The van der Waals surface area contributed by atoms with Crippen LogP contribution in [0.15, 0.2) is 0 Å². The molecule has 1 aliphatic carbocycles. The van der Waals surface area contributed by atoms with E-state index in [0.29, 0.717) is 11.2 Å². The number of hydrogen-bond donors (Lipinski definition) is 0. The monoisotopic (exact) mass is 239 g/mol. The smallest absolute Gasteiger partial charge is 0.137 e. The largest absolute Gasteiger partial charge is 0.306 e. The van der Waals surface area contributed by atoms with Gasteiger partial charge in [-0.25, -0.2) is 0 Å². The molecule has 2 heteroatoms. The molecule has 0 aromatic rings. The van der Waals surface area contributed by atoms with Gasteiger partial charge in [0.2, 0.25) is 0 Å². The minimum atomic E-state index is 0.283. The number of carbonyl (C=O) groups is 1. The summed E-state index contributed by atoms with van der Waals surface area (Å²) in [4.78, 5) is 14.3. The van der Waals surface area contributed by atoms with Crippen molar-refractivity contribution in [2.75, 3.05) is 20.1 Å². The number of carbonyl (C=O) groups excluding carboxylic acids is 1.